The highest BCUT2D eigenvalue weighted by Crippen LogP contribution is 2.66. The Labute approximate surface area is 306 Å². The smallest absolute Gasteiger partial charge is 0.433 e. The van der Waals surface area contributed by atoms with Gasteiger partial charge in [-0.25, -0.2) is 31.8 Å². The first-order valence-corrected chi connectivity index (χ1v) is 16.4. The van der Waals surface area contributed by atoms with Gasteiger partial charge in [0.05, 0.1) is 22.8 Å². The monoisotopic (exact) mass is 812 g/mol. The number of aliphatic hydroxyl groups is 1. The Morgan fingerprint density at radius 2 is 1.55 bits per heavy atom. The molecule has 1 N–H and O–H groups in total. The van der Waals surface area contributed by atoms with Crippen LogP contribution in [0.2, 0.25) is 5.02 Å². The summed E-state index contributed by atoms with van der Waals surface area (Å²) in [4.78, 5) is 53.9. The van der Waals surface area contributed by atoms with Crippen LogP contribution in [0.3, 0.4) is 0 Å². The Bertz CT molecular complexity index is 2170. The van der Waals surface area contributed by atoms with Crippen molar-refractivity contribution >= 4 is 69.9 Å². The van der Waals surface area contributed by atoms with Gasteiger partial charge < -0.3 is 9.52 Å². The van der Waals surface area contributed by atoms with E-state index in [9.17, 15) is 50.6 Å². The average molecular weight is 814 g/mol. The van der Waals surface area contributed by atoms with Crippen molar-refractivity contribution in [3.8, 4) is 0 Å². The van der Waals surface area contributed by atoms with E-state index in [1.807, 2.05) is 0 Å². The predicted molar refractivity (Wildman–Crippen MR) is 166 cm³/mol. The van der Waals surface area contributed by atoms with Gasteiger partial charge >= 0.3 is 6.18 Å². The van der Waals surface area contributed by atoms with E-state index in [2.05, 4.69) is 4.98 Å². The number of amides is 4. The Morgan fingerprint density at radius 3 is 2.13 bits per heavy atom. The van der Waals surface area contributed by atoms with Crippen molar-refractivity contribution < 1.29 is 63.8 Å². The van der Waals surface area contributed by atoms with Crippen molar-refractivity contribution in [2.75, 3.05) is 17.0 Å². The van der Waals surface area contributed by atoms with Crippen molar-refractivity contribution in [2.24, 2.45) is 17.8 Å². The summed E-state index contributed by atoms with van der Waals surface area (Å²) in [5.74, 6) is -25.0. The number of anilines is 2. The lowest BCUT2D eigenvalue weighted by Gasteiger charge is -2.49. The van der Waals surface area contributed by atoms with E-state index >= 15 is 8.78 Å². The number of aliphatic hydroxyl groups excluding tert-OH is 1. The molecule has 21 heteroatoms. The average Bonchev–Trinajstić information content (AvgIpc) is 3.72. The van der Waals surface area contributed by atoms with E-state index in [0.29, 0.717) is 16.1 Å². The largest absolute Gasteiger partial charge is 0.463 e. The molecule has 1 saturated carbocycles. The second-order valence-electron chi connectivity index (χ2n) is 12.7. The highest BCUT2D eigenvalue weighted by molar-refractivity contribution is 6.58. The minimum absolute atomic E-state index is 0.0395. The minimum atomic E-state index is -4.94. The minimum Gasteiger partial charge on any atom is -0.463 e. The van der Waals surface area contributed by atoms with Crippen LogP contribution in [0.15, 0.2) is 40.3 Å². The maximum atomic E-state index is 15.2. The van der Waals surface area contributed by atoms with E-state index in [1.54, 1.807) is 0 Å². The Hall–Kier alpha value is -4.26. The van der Waals surface area contributed by atoms with Gasteiger partial charge in [0.25, 0.3) is 23.6 Å². The molecule has 3 fully saturated rings. The molecular weight excluding hydrogens is 795 g/mol. The van der Waals surface area contributed by atoms with Crippen LogP contribution in [-0.4, -0.2) is 55.5 Å². The van der Waals surface area contributed by atoms with E-state index in [4.69, 9.17) is 39.2 Å². The van der Waals surface area contributed by atoms with Gasteiger partial charge in [0.15, 0.2) is 38.8 Å². The zero-order valence-electron chi connectivity index (χ0n) is 26.3. The number of carbonyl (C=O) groups is 4. The van der Waals surface area contributed by atoms with Crippen molar-refractivity contribution in [1.82, 2.24) is 9.99 Å². The normalized spacial score (nSPS) is 28.4. The molecule has 2 aromatic heterocycles. The standard InChI is InChI=1S/C32H19Cl3F8N4O6/c1-45(25-14(33)5-7-16(44-25)32(41,42)43)47-26(49)12-4-3-11-13(17(12)27(47)50)8-30(34)28(51)46(24-22(39)20(37)19(36)21(38)23(24)40)29(52)31(30,35)18(11)15-6-2-10(9-48)53-15/h2-3,5-7,12-13,17-18,48H,4,8-9H2,1H3. The zero-order chi connectivity index (χ0) is 38.9. The third-order valence-electron chi connectivity index (χ3n) is 10.0. The van der Waals surface area contributed by atoms with E-state index in [1.165, 1.54) is 18.2 Å². The maximum absolute atomic E-state index is 15.2. The van der Waals surface area contributed by atoms with E-state index in [0.717, 1.165) is 13.1 Å². The van der Waals surface area contributed by atoms with Crippen LogP contribution in [0.25, 0.3) is 0 Å². The first-order chi connectivity index (χ1) is 24.7. The summed E-state index contributed by atoms with van der Waals surface area (Å²) in [5, 5.41) is 10.5. The summed E-state index contributed by atoms with van der Waals surface area (Å²) in [5.41, 5.74) is -3.33. The van der Waals surface area contributed by atoms with Gasteiger partial charge in [-0.05, 0) is 43.0 Å². The molecule has 0 radical (unpaired) electrons. The van der Waals surface area contributed by atoms with Gasteiger partial charge in [-0.15, -0.1) is 23.2 Å². The Kier molecular flexibility index (Phi) is 8.48. The second-order valence-corrected chi connectivity index (χ2v) is 14.3. The predicted octanol–water partition coefficient (Wildman–Crippen LogP) is 6.15. The topological polar surface area (TPSA) is 124 Å². The summed E-state index contributed by atoms with van der Waals surface area (Å²) in [6.07, 6.45) is -4.68. The molecule has 6 atom stereocenters. The lowest BCUT2D eigenvalue weighted by atomic mass is 9.57. The zero-order valence-corrected chi connectivity index (χ0v) is 28.5. The molecule has 4 amide bonds. The Morgan fingerprint density at radius 1 is 0.925 bits per heavy atom. The van der Waals surface area contributed by atoms with E-state index in [-0.39, 0.29) is 33.4 Å². The number of furan rings is 1. The molecule has 280 valence electrons. The van der Waals surface area contributed by atoms with Gasteiger partial charge in [0.2, 0.25) is 5.82 Å². The molecule has 6 unspecified atom stereocenters. The Balaban J connectivity index is 1.37. The number of rotatable bonds is 5. The van der Waals surface area contributed by atoms with Crippen molar-refractivity contribution in [3.05, 3.63) is 87.2 Å². The van der Waals surface area contributed by atoms with Crippen LogP contribution in [0.4, 0.5) is 46.6 Å². The number of fused-ring (bicyclic) bond motifs is 4. The molecule has 4 heterocycles. The van der Waals surface area contributed by atoms with Gasteiger partial charge in [-0.3, -0.25) is 24.2 Å². The first-order valence-electron chi connectivity index (χ1n) is 15.2. The summed E-state index contributed by atoms with van der Waals surface area (Å²) >= 11 is 20.1. The van der Waals surface area contributed by atoms with Crippen LogP contribution < -0.4 is 9.91 Å². The number of halogens is 11. The van der Waals surface area contributed by atoms with Crippen LogP contribution >= 0.6 is 34.8 Å². The number of benzene rings is 1. The highest BCUT2D eigenvalue weighted by Gasteiger charge is 2.78. The van der Waals surface area contributed by atoms with Gasteiger partial charge in [0, 0.05) is 7.05 Å². The fourth-order valence-corrected chi connectivity index (χ4v) is 8.85. The third-order valence-corrected chi connectivity index (χ3v) is 11.8. The highest BCUT2D eigenvalue weighted by atomic mass is 35.5. The maximum Gasteiger partial charge on any atom is 0.433 e. The fraction of sp³-hybridized carbons (Fsp3) is 0.344. The second kappa shape index (κ2) is 12.1. The van der Waals surface area contributed by atoms with Gasteiger partial charge in [-0.2, -0.15) is 18.2 Å². The molecule has 0 bridgehead atoms. The SMILES string of the molecule is CN(c1nc(C(F)(F)F)ccc1Cl)N1C(=O)C2CC=C3C(CC4(Cl)C(=O)N(c5c(F)c(F)c(F)c(F)c5F)C(=O)C4(Cl)C3c3ccc(CO)o3)C2C1=O. The summed E-state index contributed by atoms with van der Waals surface area (Å²) in [6, 6.07) is 3.87. The third kappa shape index (κ3) is 4.90. The van der Waals surface area contributed by atoms with Gasteiger partial charge in [-0.1, -0.05) is 23.3 Å². The summed E-state index contributed by atoms with van der Waals surface area (Å²) < 4.78 is 119. The van der Waals surface area contributed by atoms with Crippen LogP contribution in [0, 0.1) is 46.8 Å². The number of pyridine rings is 1. The molecular formula is C32H19Cl3F8N4O6. The van der Waals surface area contributed by atoms with Crippen LogP contribution in [0.1, 0.15) is 36.0 Å². The molecule has 1 aromatic carbocycles. The van der Waals surface area contributed by atoms with Crippen molar-refractivity contribution in [3.63, 3.8) is 0 Å². The molecule has 2 aliphatic heterocycles. The fourth-order valence-electron chi connectivity index (χ4n) is 7.70. The number of alkyl halides is 5. The molecule has 2 aliphatic carbocycles. The summed E-state index contributed by atoms with van der Waals surface area (Å²) in [6.45, 7) is -0.703. The quantitative estimate of drug-likeness (QED) is 0.0814. The molecule has 3 aromatic rings. The molecule has 0 spiro atoms. The number of hydrogen-bond donors (Lipinski definition) is 1. The molecule has 10 nitrogen and oxygen atoms in total. The van der Waals surface area contributed by atoms with Crippen LogP contribution in [-0.2, 0) is 32.0 Å². The van der Waals surface area contributed by atoms with Crippen molar-refractivity contribution in [1.29, 1.82) is 0 Å². The number of aromatic nitrogens is 1. The number of hydrazine groups is 1. The van der Waals surface area contributed by atoms with E-state index < -0.39 is 123 Å². The molecule has 2 saturated heterocycles. The van der Waals surface area contributed by atoms with Gasteiger partial charge in [0.1, 0.15) is 29.5 Å². The van der Waals surface area contributed by atoms with Crippen molar-refractivity contribution in [2.45, 2.75) is 41.3 Å². The number of hydrogen-bond acceptors (Lipinski definition) is 8. The number of imide groups is 2. The lowest BCUT2D eigenvalue weighted by molar-refractivity contribution is -0.141. The number of carbonyl (C=O) groups excluding carboxylic acids is 4. The van der Waals surface area contributed by atoms with Crippen LogP contribution in [0.5, 0.6) is 0 Å². The molecule has 53 heavy (non-hydrogen) atoms. The number of allylic oxidation sites excluding steroid dienone is 2. The lowest BCUT2D eigenvalue weighted by Crippen LogP contribution is -2.60. The molecule has 7 rings (SSSR count). The first kappa shape index (κ1) is 37.1. The number of nitrogens with zero attached hydrogens (tertiary/aromatic N) is 4. The molecule has 4 aliphatic rings. The summed E-state index contributed by atoms with van der Waals surface area (Å²) in [7, 11) is 1.05.